The Hall–Kier alpha value is -2.10. The van der Waals surface area contributed by atoms with Crippen molar-refractivity contribution in [2.75, 3.05) is 18.9 Å². The summed E-state index contributed by atoms with van der Waals surface area (Å²) in [7, 11) is 1.71. The molecule has 0 aliphatic carbocycles. The largest absolute Gasteiger partial charge is 0.436 e. The molecule has 0 saturated carbocycles. The molecule has 0 fully saturated rings. The van der Waals surface area contributed by atoms with Crippen molar-refractivity contribution in [2.45, 2.75) is 13.1 Å². The standard InChI is InChI=1S/C17H17F4N3O2.2ClH/c1-10(8-22-2)16(25)24-12-4-5-14(13(18)7-12)26-15-6-3-11(9-23-15)17(19,20)21;;/h3-7,9-10,22H,8H2,1-2H3,(H,24,25);2*1H. The minimum Gasteiger partial charge on any atom is -0.436 e. The van der Waals surface area contributed by atoms with Gasteiger partial charge in [-0.3, -0.25) is 4.79 Å². The first-order chi connectivity index (χ1) is 12.2. The monoisotopic (exact) mass is 443 g/mol. The first kappa shape index (κ1) is 25.9. The molecule has 1 amide bonds. The van der Waals surface area contributed by atoms with Crippen LogP contribution in [0.3, 0.4) is 0 Å². The normalized spacial score (nSPS) is 11.6. The number of halogens is 6. The third kappa shape index (κ3) is 7.14. The topological polar surface area (TPSA) is 63.2 Å². The Balaban J connectivity index is 0.00000364. The van der Waals surface area contributed by atoms with Gasteiger partial charge in [0.25, 0.3) is 0 Å². The highest BCUT2D eigenvalue weighted by atomic mass is 35.5. The number of hydrogen-bond acceptors (Lipinski definition) is 4. The van der Waals surface area contributed by atoms with Crippen molar-refractivity contribution in [1.82, 2.24) is 10.3 Å². The number of aromatic nitrogens is 1. The zero-order chi connectivity index (χ0) is 19.3. The Bertz CT molecular complexity index is 774. The van der Waals surface area contributed by atoms with Gasteiger partial charge in [0, 0.05) is 36.5 Å². The van der Waals surface area contributed by atoms with Crippen molar-refractivity contribution in [3.8, 4) is 11.6 Å². The third-order valence-corrected chi connectivity index (χ3v) is 3.44. The Morgan fingerprint density at radius 3 is 2.39 bits per heavy atom. The van der Waals surface area contributed by atoms with Crippen LogP contribution in [-0.4, -0.2) is 24.5 Å². The summed E-state index contributed by atoms with van der Waals surface area (Å²) >= 11 is 0. The molecule has 0 spiro atoms. The van der Waals surface area contributed by atoms with E-state index in [4.69, 9.17) is 4.74 Å². The number of nitrogens with one attached hydrogen (secondary N) is 2. The molecule has 1 atom stereocenters. The SMILES string of the molecule is CNCC(C)C(=O)Nc1ccc(Oc2ccc(C(F)(F)F)cn2)c(F)c1.Cl.Cl. The molecular formula is C17H19Cl2F4N3O2. The van der Waals surface area contributed by atoms with Crippen molar-refractivity contribution in [3.63, 3.8) is 0 Å². The van der Waals surface area contributed by atoms with E-state index in [1.165, 1.54) is 12.1 Å². The summed E-state index contributed by atoms with van der Waals surface area (Å²) in [5, 5.41) is 5.43. The number of rotatable bonds is 6. The average molecular weight is 444 g/mol. The van der Waals surface area contributed by atoms with E-state index in [9.17, 15) is 22.4 Å². The molecule has 156 valence electrons. The number of pyridine rings is 1. The first-order valence-corrected chi connectivity index (χ1v) is 7.67. The van der Waals surface area contributed by atoms with Gasteiger partial charge in [0.2, 0.25) is 11.8 Å². The van der Waals surface area contributed by atoms with Crippen LogP contribution in [-0.2, 0) is 11.0 Å². The lowest BCUT2D eigenvalue weighted by molar-refractivity contribution is -0.137. The molecule has 0 aliphatic heterocycles. The van der Waals surface area contributed by atoms with Crippen LogP contribution in [0.25, 0.3) is 0 Å². The summed E-state index contributed by atoms with van der Waals surface area (Å²) < 4.78 is 56.7. The second-order valence-electron chi connectivity index (χ2n) is 5.58. The molecule has 0 radical (unpaired) electrons. The van der Waals surface area contributed by atoms with Crippen LogP contribution in [0.5, 0.6) is 11.6 Å². The van der Waals surface area contributed by atoms with Gasteiger partial charge in [0.15, 0.2) is 11.6 Å². The predicted molar refractivity (Wildman–Crippen MR) is 102 cm³/mol. The molecule has 1 aromatic carbocycles. The fourth-order valence-corrected chi connectivity index (χ4v) is 2.05. The number of anilines is 1. The van der Waals surface area contributed by atoms with E-state index in [0.29, 0.717) is 12.7 Å². The molecule has 5 nitrogen and oxygen atoms in total. The van der Waals surface area contributed by atoms with Crippen molar-refractivity contribution in [2.24, 2.45) is 5.92 Å². The fraction of sp³-hybridized carbons (Fsp3) is 0.294. The maximum Gasteiger partial charge on any atom is 0.417 e. The van der Waals surface area contributed by atoms with Gasteiger partial charge in [-0.1, -0.05) is 6.92 Å². The van der Waals surface area contributed by atoms with Crippen molar-refractivity contribution >= 4 is 36.4 Å². The Morgan fingerprint density at radius 2 is 1.89 bits per heavy atom. The number of alkyl halides is 3. The van der Waals surface area contributed by atoms with Crippen LogP contribution in [0, 0.1) is 11.7 Å². The number of carbonyl (C=O) groups is 1. The van der Waals surface area contributed by atoms with E-state index in [-0.39, 0.29) is 54.0 Å². The zero-order valence-corrected chi connectivity index (χ0v) is 16.5. The van der Waals surface area contributed by atoms with Gasteiger partial charge < -0.3 is 15.4 Å². The number of benzene rings is 1. The minimum absolute atomic E-state index is 0. The van der Waals surface area contributed by atoms with Crippen molar-refractivity contribution < 1.29 is 27.1 Å². The van der Waals surface area contributed by atoms with Crippen molar-refractivity contribution in [3.05, 3.63) is 47.9 Å². The maximum absolute atomic E-state index is 14.1. The number of nitrogens with zero attached hydrogens (tertiary/aromatic N) is 1. The lowest BCUT2D eigenvalue weighted by atomic mass is 10.1. The second kappa shape index (κ2) is 11.0. The summed E-state index contributed by atoms with van der Waals surface area (Å²) in [6, 6.07) is 5.53. The quantitative estimate of drug-likeness (QED) is 0.636. The molecule has 11 heteroatoms. The molecule has 2 N–H and O–H groups in total. The molecule has 0 saturated heterocycles. The molecule has 28 heavy (non-hydrogen) atoms. The Morgan fingerprint density at radius 1 is 1.21 bits per heavy atom. The number of amides is 1. The van der Waals surface area contributed by atoms with E-state index in [1.54, 1.807) is 14.0 Å². The summed E-state index contributed by atoms with van der Waals surface area (Å²) in [4.78, 5) is 15.4. The lowest BCUT2D eigenvalue weighted by Crippen LogP contribution is -2.28. The summed E-state index contributed by atoms with van der Waals surface area (Å²) in [6.45, 7) is 2.19. The molecule has 0 bridgehead atoms. The van der Waals surface area contributed by atoms with Crippen LogP contribution in [0.4, 0.5) is 23.2 Å². The van der Waals surface area contributed by atoms with Crippen molar-refractivity contribution in [1.29, 1.82) is 0 Å². The van der Waals surface area contributed by atoms with Gasteiger partial charge in [0.05, 0.1) is 5.56 Å². The van der Waals surface area contributed by atoms with Crippen LogP contribution < -0.4 is 15.4 Å². The molecule has 2 aromatic rings. The fourth-order valence-electron chi connectivity index (χ4n) is 2.05. The van der Waals surface area contributed by atoms with Gasteiger partial charge in [0.1, 0.15) is 0 Å². The lowest BCUT2D eigenvalue weighted by Gasteiger charge is -2.13. The summed E-state index contributed by atoms with van der Waals surface area (Å²) in [5.41, 5.74) is -0.692. The molecule has 0 aliphatic rings. The second-order valence-corrected chi connectivity index (χ2v) is 5.58. The highest BCUT2D eigenvalue weighted by Crippen LogP contribution is 2.31. The van der Waals surface area contributed by atoms with E-state index in [1.807, 2.05) is 0 Å². The van der Waals surface area contributed by atoms with Gasteiger partial charge in [-0.25, -0.2) is 9.37 Å². The van der Waals surface area contributed by atoms with E-state index >= 15 is 0 Å². The first-order valence-electron chi connectivity index (χ1n) is 7.67. The van der Waals surface area contributed by atoms with Crippen LogP contribution >= 0.6 is 24.8 Å². The summed E-state index contributed by atoms with van der Waals surface area (Å²) in [6.07, 6.45) is -3.91. The predicted octanol–water partition coefficient (Wildman–Crippen LogP) is 4.67. The number of carbonyl (C=O) groups excluding carboxylic acids is 1. The third-order valence-electron chi connectivity index (χ3n) is 3.44. The zero-order valence-electron chi connectivity index (χ0n) is 14.8. The van der Waals surface area contributed by atoms with Crippen LogP contribution in [0.1, 0.15) is 12.5 Å². The maximum atomic E-state index is 14.1. The minimum atomic E-state index is -4.51. The van der Waals surface area contributed by atoms with Gasteiger partial charge in [-0.05, 0) is 25.2 Å². The number of ether oxygens (including phenoxy) is 1. The molecule has 1 aromatic heterocycles. The van der Waals surface area contributed by atoms with Crippen LogP contribution in [0.15, 0.2) is 36.5 Å². The Kier molecular flexibility index (Phi) is 10.2. The van der Waals surface area contributed by atoms with E-state index in [2.05, 4.69) is 15.6 Å². The molecule has 1 unspecified atom stereocenters. The highest BCUT2D eigenvalue weighted by molar-refractivity contribution is 5.92. The highest BCUT2D eigenvalue weighted by Gasteiger charge is 2.30. The Labute approximate surface area is 171 Å². The average Bonchev–Trinajstić information content (AvgIpc) is 2.57. The number of hydrogen-bond donors (Lipinski definition) is 2. The van der Waals surface area contributed by atoms with Gasteiger partial charge in [-0.15, -0.1) is 24.8 Å². The van der Waals surface area contributed by atoms with Crippen LogP contribution in [0.2, 0.25) is 0 Å². The molecule has 2 rings (SSSR count). The smallest absolute Gasteiger partial charge is 0.417 e. The summed E-state index contributed by atoms with van der Waals surface area (Å²) in [5.74, 6) is -1.78. The molecular weight excluding hydrogens is 425 g/mol. The van der Waals surface area contributed by atoms with Gasteiger partial charge >= 0.3 is 6.18 Å². The van der Waals surface area contributed by atoms with E-state index in [0.717, 1.165) is 18.2 Å². The van der Waals surface area contributed by atoms with Gasteiger partial charge in [-0.2, -0.15) is 13.2 Å². The van der Waals surface area contributed by atoms with E-state index < -0.39 is 17.6 Å². The molecule has 1 heterocycles.